The molecule has 0 saturated heterocycles. The second-order valence-electron chi connectivity index (χ2n) is 3.70. The van der Waals surface area contributed by atoms with Crippen LogP contribution in [0.1, 0.15) is 30.9 Å². The van der Waals surface area contributed by atoms with Gasteiger partial charge in [-0.15, -0.1) is 0 Å². The predicted octanol–water partition coefficient (Wildman–Crippen LogP) is 3.38. The molecule has 0 unspecified atom stereocenters. The first kappa shape index (κ1) is 9.20. The van der Waals surface area contributed by atoms with Crippen LogP contribution in [0.4, 0.5) is 0 Å². The van der Waals surface area contributed by atoms with Gasteiger partial charge in [0.1, 0.15) is 0 Å². The van der Waals surface area contributed by atoms with E-state index in [4.69, 9.17) is 0 Å². The lowest BCUT2D eigenvalue weighted by Gasteiger charge is -2.16. The van der Waals surface area contributed by atoms with E-state index in [1.54, 1.807) is 0 Å². The Kier molecular flexibility index (Phi) is 2.49. The average Bonchev–Trinajstić information content (AvgIpc) is 2.27. The van der Waals surface area contributed by atoms with Crippen LogP contribution in [0, 0.1) is 0 Å². The molecule has 0 aromatic carbocycles. The summed E-state index contributed by atoms with van der Waals surface area (Å²) in [5.74, 6) is 0. The summed E-state index contributed by atoms with van der Waals surface area (Å²) in [6.45, 7) is 6.24. The van der Waals surface area contributed by atoms with E-state index in [1.807, 2.05) is 12.4 Å². The number of hydrogen-bond acceptors (Lipinski definition) is 1. The summed E-state index contributed by atoms with van der Waals surface area (Å²) in [6.07, 6.45) is 9.35. The number of nitrogens with zero attached hydrogens (tertiary/aromatic N) is 1. The first-order valence-corrected chi connectivity index (χ1v) is 5.13. The number of allylic oxidation sites excluding steroid dienone is 2. The molecule has 0 saturated carbocycles. The Morgan fingerprint density at radius 3 is 3.14 bits per heavy atom. The molecule has 1 aromatic rings. The number of aryl methyl sites for hydroxylation is 1. The van der Waals surface area contributed by atoms with Crippen LogP contribution >= 0.6 is 0 Å². The maximum Gasteiger partial charge on any atom is 0.0305 e. The highest BCUT2D eigenvalue weighted by molar-refractivity contribution is 5.62. The smallest absolute Gasteiger partial charge is 0.0305 e. The molecule has 0 N–H and O–H groups in total. The van der Waals surface area contributed by atoms with Gasteiger partial charge >= 0.3 is 0 Å². The van der Waals surface area contributed by atoms with Crippen LogP contribution in [-0.2, 0) is 6.42 Å². The summed E-state index contributed by atoms with van der Waals surface area (Å²) in [7, 11) is 0. The molecule has 0 amide bonds. The molecule has 0 spiro atoms. The Hall–Kier alpha value is -1.37. The Morgan fingerprint density at radius 1 is 1.50 bits per heavy atom. The van der Waals surface area contributed by atoms with Crippen LogP contribution in [0.25, 0.3) is 6.08 Å². The van der Waals surface area contributed by atoms with Gasteiger partial charge in [0.15, 0.2) is 0 Å². The minimum atomic E-state index is 1.05. The number of fused-ring (bicyclic) bond motifs is 1. The van der Waals surface area contributed by atoms with Crippen molar-refractivity contribution in [2.24, 2.45) is 0 Å². The molecule has 1 aliphatic rings. The fourth-order valence-corrected chi connectivity index (χ4v) is 1.82. The molecule has 1 aliphatic carbocycles. The van der Waals surface area contributed by atoms with Crippen LogP contribution in [0.2, 0.25) is 0 Å². The SMILES string of the molecule is C=C(CC)C1=Cc2ccncc2CC1. The minimum Gasteiger partial charge on any atom is -0.264 e. The zero-order valence-corrected chi connectivity index (χ0v) is 8.59. The highest BCUT2D eigenvalue weighted by Crippen LogP contribution is 2.27. The molecule has 1 heterocycles. The van der Waals surface area contributed by atoms with Gasteiger partial charge in [-0.1, -0.05) is 25.2 Å². The fraction of sp³-hybridized carbons (Fsp3) is 0.308. The Bertz CT molecular complexity index is 388. The molecule has 1 heteroatoms. The quantitative estimate of drug-likeness (QED) is 0.688. The summed E-state index contributed by atoms with van der Waals surface area (Å²) in [5.41, 5.74) is 5.36. The predicted molar refractivity (Wildman–Crippen MR) is 60.0 cm³/mol. The molecular weight excluding hydrogens is 170 g/mol. The summed E-state index contributed by atoms with van der Waals surface area (Å²) in [4.78, 5) is 4.14. The highest BCUT2D eigenvalue weighted by Gasteiger charge is 2.10. The van der Waals surface area contributed by atoms with Gasteiger partial charge in [-0.25, -0.2) is 0 Å². The third-order valence-corrected chi connectivity index (χ3v) is 2.82. The second-order valence-corrected chi connectivity index (χ2v) is 3.70. The van der Waals surface area contributed by atoms with Crippen molar-refractivity contribution in [1.82, 2.24) is 4.98 Å². The van der Waals surface area contributed by atoms with Crippen LogP contribution in [-0.4, -0.2) is 4.98 Å². The molecule has 0 bridgehead atoms. The molecule has 72 valence electrons. The number of hydrogen-bond donors (Lipinski definition) is 0. The van der Waals surface area contributed by atoms with Crippen LogP contribution in [0.5, 0.6) is 0 Å². The van der Waals surface area contributed by atoms with Gasteiger partial charge in [0.2, 0.25) is 0 Å². The van der Waals surface area contributed by atoms with Crippen LogP contribution < -0.4 is 0 Å². The third-order valence-electron chi connectivity index (χ3n) is 2.82. The van der Waals surface area contributed by atoms with Crippen LogP contribution in [0.3, 0.4) is 0 Å². The van der Waals surface area contributed by atoms with Gasteiger partial charge in [0.05, 0.1) is 0 Å². The minimum absolute atomic E-state index is 1.05. The Morgan fingerprint density at radius 2 is 2.36 bits per heavy atom. The Balaban J connectivity index is 2.36. The summed E-state index contributed by atoms with van der Waals surface area (Å²) in [5, 5.41) is 0. The van der Waals surface area contributed by atoms with Gasteiger partial charge in [-0.2, -0.15) is 0 Å². The fourth-order valence-electron chi connectivity index (χ4n) is 1.82. The second kappa shape index (κ2) is 3.79. The van der Waals surface area contributed by atoms with Crippen molar-refractivity contribution < 1.29 is 0 Å². The molecule has 2 rings (SSSR count). The molecule has 14 heavy (non-hydrogen) atoms. The third kappa shape index (κ3) is 1.63. The number of pyridine rings is 1. The summed E-state index contributed by atoms with van der Waals surface area (Å²) >= 11 is 0. The van der Waals surface area contributed by atoms with Gasteiger partial charge in [0.25, 0.3) is 0 Å². The molecule has 1 nitrogen and oxygen atoms in total. The molecule has 1 aromatic heterocycles. The normalized spacial score (nSPS) is 14.5. The van der Waals surface area contributed by atoms with Crippen molar-refractivity contribution in [2.45, 2.75) is 26.2 Å². The van der Waals surface area contributed by atoms with Crippen molar-refractivity contribution in [2.75, 3.05) is 0 Å². The van der Waals surface area contributed by atoms with Crippen molar-refractivity contribution in [1.29, 1.82) is 0 Å². The van der Waals surface area contributed by atoms with Gasteiger partial charge in [0, 0.05) is 12.4 Å². The topological polar surface area (TPSA) is 12.9 Å². The zero-order chi connectivity index (χ0) is 9.97. The van der Waals surface area contributed by atoms with Crippen molar-refractivity contribution in [3.05, 3.63) is 47.3 Å². The van der Waals surface area contributed by atoms with E-state index in [9.17, 15) is 0 Å². The standard InChI is InChI=1S/C13H15N/c1-3-10(2)11-4-5-13-9-14-7-6-12(13)8-11/h6-9H,2-5H2,1H3. The number of aromatic nitrogens is 1. The van der Waals surface area contributed by atoms with Crippen molar-refractivity contribution >= 4 is 6.08 Å². The molecule has 0 fully saturated rings. The zero-order valence-electron chi connectivity index (χ0n) is 8.59. The van der Waals surface area contributed by atoms with E-state index >= 15 is 0 Å². The van der Waals surface area contributed by atoms with Crippen molar-refractivity contribution in [3.8, 4) is 0 Å². The molecular formula is C13H15N. The van der Waals surface area contributed by atoms with E-state index in [0.717, 1.165) is 19.3 Å². The largest absolute Gasteiger partial charge is 0.264 e. The van der Waals surface area contributed by atoms with Crippen molar-refractivity contribution in [3.63, 3.8) is 0 Å². The maximum atomic E-state index is 4.14. The first-order chi connectivity index (χ1) is 6.81. The van der Waals surface area contributed by atoms with Gasteiger partial charge in [-0.05, 0) is 42.0 Å². The lowest BCUT2D eigenvalue weighted by Crippen LogP contribution is -2.01. The maximum absolute atomic E-state index is 4.14. The summed E-state index contributed by atoms with van der Waals surface area (Å²) in [6, 6.07) is 2.08. The lowest BCUT2D eigenvalue weighted by molar-refractivity contribution is 0.907. The van der Waals surface area contributed by atoms with E-state index < -0.39 is 0 Å². The first-order valence-electron chi connectivity index (χ1n) is 5.13. The number of rotatable bonds is 2. The van der Waals surface area contributed by atoms with Gasteiger partial charge in [-0.3, -0.25) is 4.98 Å². The Labute approximate surface area is 85.2 Å². The van der Waals surface area contributed by atoms with Crippen LogP contribution in [0.15, 0.2) is 36.2 Å². The summed E-state index contributed by atoms with van der Waals surface area (Å²) < 4.78 is 0. The van der Waals surface area contributed by atoms with E-state index in [-0.39, 0.29) is 0 Å². The van der Waals surface area contributed by atoms with E-state index in [0.29, 0.717) is 0 Å². The average molecular weight is 185 g/mol. The molecule has 0 radical (unpaired) electrons. The lowest BCUT2D eigenvalue weighted by atomic mass is 9.89. The monoisotopic (exact) mass is 185 g/mol. The van der Waals surface area contributed by atoms with E-state index in [2.05, 4.69) is 30.6 Å². The molecule has 0 aliphatic heterocycles. The van der Waals surface area contributed by atoms with E-state index in [1.165, 1.54) is 22.3 Å². The highest BCUT2D eigenvalue weighted by atomic mass is 14.6. The van der Waals surface area contributed by atoms with Gasteiger partial charge < -0.3 is 0 Å². The molecule has 0 atom stereocenters.